The molecule has 2 aromatic rings. The monoisotopic (exact) mass is 325 g/mol. The first-order valence-corrected chi connectivity index (χ1v) is 8.74. The lowest BCUT2D eigenvalue weighted by molar-refractivity contribution is -0.127. The topological polar surface area (TPSA) is 52.6 Å². The first-order chi connectivity index (χ1) is 11.8. The third-order valence-electron chi connectivity index (χ3n) is 5.08. The van der Waals surface area contributed by atoms with E-state index in [1.54, 1.807) is 6.33 Å². The summed E-state index contributed by atoms with van der Waals surface area (Å²) in [4.78, 5) is 27.0. The number of carbonyl (C=O) groups is 1. The molecule has 0 unspecified atom stereocenters. The normalized spacial score (nSPS) is 19.4. The molecule has 2 fully saturated rings. The van der Waals surface area contributed by atoms with Crippen LogP contribution < -0.4 is 4.90 Å². The van der Waals surface area contributed by atoms with Crippen LogP contribution in [0.4, 0.5) is 5.69 Å². The Labute approximate surface area is 142 Å². The second kappa shape index (κ2) is 6.73. The molecule has 4 rings (SSSR count). The van der Waals surface area contributed by atoms with Crippen molar-refractivity contribution in [2.45, 2.75) is 12.8 Å². The fourth-order valence-electron chi connectivity index (χ4n) is 3.60. The van der Waals surface area contributed by atoms with Crippen LogP contribution in [0, 0.1) is 0 Å². The summed E-state index contributed by atoms with van der Waals surface area (Å²) in [5.74, 6) is 0.326. The van der Waals surface area contributed by atoms with Crippen LogP contribution in [-0.4, -0.2) is 71.5 Å². The smallest absolute Gasteiger partial charge is 0.222 e. The Bertz CT molecular complexity index is 726. The van der Waals surface area contributed by atoms with Gasteiger partial charge in [-0.15, -0.1) is 0 Å². The van der Waals surface area contributed by atoms with Gasteiger partial charge in [-0.1, -0.05) is 0 Å². The van der Waals surface area contributed by atoms with Crippen molar-refractivity contribution in [2.75, 3.05) is 50.7 Å². The molecule has 1 amide bonds. The van der Waals surface area contributed by atoms with Crippen molar-refractivity contribution in [1.82, 2.24) is 19.8 Å². The summed E-state index contributed by atoms with van der Waals surface area (Å²) in [5, 5.41) is 1.09. The summed E-state index contributed by atoms with van der Waals surface area (Å²) in [6, 6.07) is 6.39. The number of hydrogen-bond donors (Lipinski definition) is 0. The summed E-state index contributed by atoms with van der Waals surface area (Å²) in [7, 11) is 0. The second-order valence-electron chi connectivity index (χ2n) is 6.58. The molecule has 0 radical (unpaired) electrons. The number of benzene rings is 1. The Morgan fingerprint density at radius 2 is 1.92 bits per heavy atom. The lowest BCUT2D eigenvalue weighted by Crippen LogP contribution is -2.48. The molecule has 0 atom stereocenters. The van der Waals surface area contributed by atoms with Crippen LogP contribution in [0.3, 0.4) is 0 Å². The fourth-order valence-corrected chi connectivity index (χ4v) is 3.60. The largest absolute Gasteiger partial charge is 0.369 e. The van der Waals surface area contributed by atoms with Crippen LogP contribution in [0.2, 0.25) is 0 Å². The summed E-state index contributed by atoms with van der Waals surface area (Å²) in [5.41, 5.74) is 2.23. The molecule has 1 aromatic heterocycles. The van der Waals surface area contributed by atoms with Gasteiger partial charge in [-0.3, -0.25) is 9.69 Å². The van der Waals surface area contributed by atoms with Crippen molar-refractivity contribution >= 4 is 22.5 Å². The van der Waals surface area contributed by atoms with Crippen LogP contribution in [0.15, 0.2) is 30.7 Å². The number of piperazine rings is 1. The molecule has 24 heavy (non-hydrogen) atoms. The van der Waals surface area contributed by atoms with Crippen LogP contribution in [-0.2, 0) is 4.79 Å². The second-order valence-corrected chi connectivity index (χ2v) is 6.58. The summed E-state index contributed by atoms with van der Waals surface area (Å²) in [6.07, 6.45) is 5.22. The molecular weight excluding hydrogens is 302 g/mol. The number of likely N-dealkylation sites (tertiary alicyclic amines) is 1. The van der Waals surface area contributed by atoms with Gasteiger partial charge in [-0.25, -0.2) is 9.97 Å². The number of aromatic nitrogens is 2. The van der Waals surface area contributed by atoms with Crippen LogP contribution >= 0.6 is 0 Å². The standard InChI is InChI=1S/C18H23N5O/c24-18-2-1-5-23(18)11-8-21-6-9-22(10-7-21)16-3-4-17-15(12-16)13-19-14-20-17/h3-4,12-14H,1-2,5-11H2. The number of fused-ring (bicyclic) bond motifs is 1. The number of rotatable bonds is 4. The zero-order chi connectivity index (χ0) is 16.4. The molecule has 0 spiro atoms. The van der Waals surface area contributed by atoms with Crippen LogP contribution in [0.5, 0.6) is 0 Å². The minimum absolute atomic E-state index is 0.326. The summed E-state index contributed by atoms with van der Waals surface area (Å²) in [6.45, 7) is 6.95. The van der Waals surface area contributed by atoms with Gasteiger partial charge in [0.05, 0.1) is 5.52 Å². The average Bonchev–Trinajstić information content (AvgIpc) is 3.05. The van der Waals surface area contributed by atoms with E-state index < -0.39 is 0 Å². The minimum Gasteiger partial charge on any atom is -0.369 e. The average molecular weight is 325 g/mol. The number of amides is 1. The highest BCUT2D eigenvalue weighted by atomic mass is 16.2. The maximum atomic E-state index is 11.7. The highest BCUT2D eigenvalue weighted by Gasteiger charge is 2.22. The van der Waals surface area contributed by atoms with Crippen molar-refractivity contribution in [3.8, 4) is 0 Å². The molecule has 0 aliphatic carbocycles. The molecule has 0 bridgehead atoms. The molecule has 0 N–H and O–H groups in total. The molecular formula is C18H23N5O. The highest BCUT2D eigenvalue weighted by molar-refractivity contribution is 5.81. The zero-order valence-electron chi connectivity index (χ0n) is 13.9. The van der Waals surface area contributed by atoms with Gasteiger partial charge in [0.2, 0.25) is 5.91 Å². The maximum absolute atomic E-state index is 11.7. The van der Waals surface area contributed by atoms with E-state index in [9.17, 15) is 4.79 Å². The Kier molecular flexibility index (Phi) is 4.30. The van der Waals surface area contributed by atoms with Crippen molar-refractivity contribution in [3.05, 3.63) is 30.7 Å². The van der Waals surface area contributed by atoms with Gasteiger partial charge in [0.25, 0.3) is 0 Å². The van der Waals surface area contributed by atoms with E-state index in [4.69, 9.17) is 0 Å². The molecule has 126 valence electrons. The molecule has 6 nitrogen and oxygen atoms in total. The molecule has 6 heteroatoms. The SMILES string of the molecule is O=C1CCCN1CCN1CCN(c2ccc3ncncc3c2)CC1. The number of anilines is 1. The van der Waals surface area contributed by atoms with Crippen LogP contribution in [0.25, 0.3) is 10.9 Å². The lowest BCUT2D eigenvalue weighted by atomic mass is 10.2. The van der Waals surface area contributed by atoms with Gasteiger partial charge < -0.3 is 9.80 Å². The minimum atomic E-state index is 0.326. The van der Waals surface area contributed by atoms with Gasteiger partial charge in [0.15, 0.2) is 0 Å². The number of hydrogen-bond acceptors (Lipinski definition) is 5. The van der Waals surface area contributed by atoms with E-state index in [1.165, 1.54) is 5.69 Å². The predicted octanol–water partition coefficient (Wildman–Crippen LogP) is 1.37. The summed E-state index contributed by atoms with van der Waals surface area (Å²) >= 11 is 0. The van der Waals surface area contributed by atoms with Crippen LogP contribution in [0.1, 0.15) is 12.8 Å². The molecule has 3 heterocycles. The Hall–Kier alpha value is -2.21. The van der Waals surface area contributed by atoms with Gasteiger partial charge >= 0.3 is 0 Å². The quantitative estimate of drug-likeness (QED) is 0.850. The van der Waals surface area contributed by atoms with Gasteiger partial charge in [-0.05, 0) is 24.6 Å². The van der Waals surface area contributed by atoms with E-state index >= 15 is 0 Å². The third kappa shape index (κ3) is 3.19. The fraction of sp³-hybridized carbons (Fsp3) is 0.500. The molecule has 2 aliphatic rings. The molecule has 2 saturated heterocycles. The first-order valence-electron chi connectivity index (χ1n) is 8.74. The zero-order valence-corrected chi connectivity index (χ0v) is 13.9. The summed E-state index contributed by atoms with van der Waals surface area (Å²) < 4.78 is 0. The van der Waals surface area contributed by atoms with E-state index in [1.807, 2.05) is 11.1 Å². The first kappa shape index (κ1) is 15.3. The third-order valence-corrected chi connectivity index (χ3v) is 5.08. The molecule has 2 aliphatic heterocycles. The van der Waals surface area contributed by atoms with Gasteiger partial charge in [-0.2, -0.15) is 0 Å². The lowest BCUT2D eigenvalue weighted by Gasteiger charge is -2.36. The molecule has 0 saturated carbocycles. The predicted molar refractivity (Wildman–Crippen MR) is 94.0 cm³/mol. The highest BCUT2D eigenvalue weighted by Crippen LogP contribution is 2.21. The van der Waals surface area contributed by atoms with E-state index in [0.717, 1.165) is 69.6 Å². The van der Waals surface area contributed by atoms with Crippen molar-refractivity contribution in [2.24, 2.45) is 0 Å². The number of carbonyl (C=O) groups excluding carboxylic acids is 1. The van der Waals surface area contributed by atoms with E-state index in [0.29, 0.717) is 5.91 Å². The number of nitrogens with zero attached hydrogens (tertiary/aromatic N) is 5. The molecule has 1 aromatic carbocycles. The van der Waals surface area contributed by atoms with E-state index in [-0.39, 0.29) is 0 Å². The van der Waals surface area contributed by atoms with Gasteiger partial charge in [0.1, 0.15) is 6.33 Å². The Balaban J connectivity index is 1.32. The maximum Gasteiger partial charge on any atom is 0.222 e. The van der Waals surface area contributed by atoms with Crippen molar-refractivity contribution in [3.63, 3.8) is 0 Å². The Morgan fingerprint density at radius 3 is 2.71 bits per heavy atom. The van der Waals surface area contributed by atoms with Crippen molar-refractivity contribution in [1.29, 1.82) is 0 Å². The Morgan fingerprint density at radius 1 is 1.04 bits per heavy atom. The van der Waals surface area contributed by atoms with Crippen molar-refractivity contribution < 1.29 is 4.79 Å². The van der Waals surface area contributed by atoms with Gasteiger partial charge in [0, 0.05) is 69.5 Å². The van der Waals surface area contributed by atoms with E-state index in [2.05, 4.69) is 38.0 Å².